The van der Waals surface area contributed by atoms with E-state index in [9.17, 15) is 24.0 Å². The summed E-state index contributed by atoms with van der Waals surface area (Å²) < 4.78 is 0. The highest BCUT2D eigenvalue weighted by atomic mass is 16.2. The topological polar surface area (TPSA) is 212 Å². The van der Waals surface area contributed by atoms with Crippen molar-refractivity contribution in [3.63, 3.8) is 0 Å². The zero-order chi connectivity index (χ0) is 39.9. The van der Waals surface area contributed by atoms with Gasteiger partial charge in [-0.15, -0.1) is 0 Å². The number of hydrogen-bond acceptors (Lipinski definition) is 9. The number of aldehydes is 2. The number of hydrogen-bond donors (Lipinski definition) is 7. The Morgan fingerprint density at radius 2 is 1.06 bits per heavy atom. The molecule has 0 fully saturated rings. The van der Waals surface area contributed by atoms with Crippen molar-refractivity contribution >= 4 is 30.3 Å². The Labute approximate surface area is 329 Å². The molecule has 0 aliphatic heterocycles. The molecule has 0 aromatic rings. The molecule has 4 unspecified atom stereocenters. The van der Waals surface area contributed by atoms with Crippen LogP contribution in [0.15, 0.2) is 0 Å². The van der Waals surface area contributed by atoms with Gasteiger partial charge in [-0.3, -0.25) is 14.4 Å². The molecule has 316 valence electrons. The highest BCUT2D eigenvalue weighted by molar-refractivity contribution is 5.89. The molecule has 0 radical (unpaired) electrons. The quantitative estimate of drug-likeness (QED) is 0.0304. The van der Waals surface area contributed by atoms with Crippen molar-refractivity contribution in [2.45, 2.75) is 211 Å². The lowest BCUT2D eigenvalue weighted by atomic mass is 9.99. The number of nitrogens with two attached hydrogens (primary N) is 3. The summed E-state index contributed by atoms with van der Waals surface area (Å²) in [5, 5.41) is 12.6. The van der Waals surface area contributed by atoms with Crippen LogP contribution in [-0.2, 0) is 24.0 Å². The van der Waals surface area contributed by atoms with Crippen molar-refractivity contribution in [3.05, 3.63) is 0 Å². The van der Waals surface area contributed by atoms with Crippen LogP contribution in [0.2, 0.25) is 0 Å². The molecular weight excluding hydrogens is 683 g/mol. The maximum atomic E-state index is 13.2. The van der Waals surface area contributed by atoms with Crippen molar-refractivity contribution in [2.75, 3.05) is 26.2 Å². The van der Waals surface area contributed by atoms with E-state index in [-0.39, 0.29) is 23.8 Å². The van der Waals surface area contributed by atoms with Crippen molar-refractivity contribution in [2.24, 2.45) is 17.2 Å². The van der Waals surface area contributed by atoms with Crippen LogP contribution in [0, 0.1) is 0 Å². The van der Waals surface area contributed by atoms with E-state index in [4.69, 9.17) is 17.2 Å². The van der Waals surface area contributed by atoms with Crippen molar-refractivity contribution in [1.29, 1.82) is 0 Å². The van der Waals surface area contributed by atoms with Crippen LogP contribution in [0.3, 0.4) is 0 Å². The van der Waals surface area contributed by atoms with Crippen molar-refractivity contribution < 1.29 is 24.0 Å². The first kappa shape index (κ1) is 51.6. The van der Waals surface area contributed by atoms with Crippen molar-refractivity contribution in [1.82, 2.24) is 21.3 Å². The van der Waals surface area contributed by atoms with Gasteiger partial charge in [-0.2, -0.15) is 0 Å². The molecule has 3 amide bonds. The number of carbonyl (C=O) groups excluding carboxylic acids is 5. The summed E-state index contributed by atoms with van der Waals surface area (Å²) in [6, 6.07) is -1.11. The SMILES string of the molecule is CCCCCC(CCCCCC=O)NC(CCCCN)C(=O)NCCCCCCCCCCCC(=O)NC(CCCCN)C(=O)NC(C=O)CCCCN. The summed E-state index contributed by atoms with van der Waals surface area (Å²) in [5.74, 6) is -0.343. The zero-order valence-electron chi connectivity index (χ0n) is 34.4. The lowest BCUT2D eigenvalue weighted by Gasteiger charge is -2.26. The Bertz CT molecular complexity index is 925. The third-order valence-electron chi connectivity index (χ3n) is 10.2. The van der Waals surface area contributed by atoms with E-state index in [0.717, 1.165) is 154 Å². The third-order valence-corrected chi connectivity index (χ3v) is 10.2. The molecule has 12 nitrogen and oxygen atoms in total. The minimum absolute atomic E-state index is 0.105. The molecule has 0 heterocycles. The predicted molar refractivity (Wildman–Crippen MR) is 222 cm³/mol. The Balaban J connectivity index is 4.39. The van der Waals surface area contributed by atoms with Crippen LogP contribution in [0.5, 0.6) is 0 Å². The second-order valence-corrected chi connectivity index (χ2v) is 15.2. The van der Waals surface area contributed by atoms with Crippen LogP contribution in [-0.4, -0.2) is 80.6 Å². The van der Waals surface area contributed by atoms with Gasteiger partial charge in [0.1, 0.15) is 18.6 Å². The van der Waals surface area contributed by atoms with E-state index in [1.54, 1.807) is 0 Å². The van der Waals surface area contributed by atoms with Gasteiger partial charge in [0.25, 0.3) is 0 Å². The summed E-state index contributed by atoms with van der Waals surface area (Å²) in [7, 11) is 0. The molecular formula is C42H83N7O5. The summed E-state index contributed by atoms with van der Waals surface area (Å²) in [4.78, 5) is 60.9. The fourth-order valence-electron chi connectivity index (χ4n) is 6.79. The number of nitrogens with one attached hydrogen (secondary N) is 4. The number of rotatable bonds is 41. The molecule has 0 aliphatic carbocycles. The van der Waals surface area contributed by atoms with Gasteiger partial charge in [0.15, 0.2) is 0 Å². The summed E-state index contributed by atoms with van der Waals surface area (Å²) in [5.41, 5.74) is 16.9. The Morgan fingerprint density at radius 1 is 0.537 bits per heavy atom. The van der Waals surface area contributed by atoms with Crippen LogP contribution in [0.1, 0.15) is 187 Å². The molecule has 0 aromatic carbocycles. The van der Waals surface area contributed by atoms with Crippen LogP contribution >= 0.6 is 0 Å². The lowest BCUT2D eigenvalue weighted by molar-refractivity contribution is -0.130. The smallest absolute Gasteiger partial charge is 0.243 e. The zero-order valence-corrected chi connectivity index (χ0v) is 34.4. The normalized spacial score (nSPS) is 13.5. The highest BCUT2D eigenvalue weighted by Crippen LogP contribution is 2.15. The van der Waals surface area contributed by atoms with E-state index in [2.05, 4.69) is 28.2 Å². The van der Waals surface area contributed by atoms with Gasteiger partial charge in [0.2, 0.25) is 17.7 Å². The lowest BCUT2D eigenvalue weighted by Crippen LogP contribution is -2.50. The Morgan fingerprint density at radius 3 is 1.63 bits per heavy atom. The molecule has 0 saturated heterocycles. The van der Waals surface area contributed by atoms with Crippen LogP contribution < -0.4 is 38.5 Å². The highest BCUT2D eigenvalue weighted by Gasteiger charge is 2.23. The van der Waals surface area contributed by atoms with Crippen LogP contribution in [0.25, 0.3) is 0 Å². The first-order chi connectivity index (χ1) is 26.4. The minimum atomic E-state index is -0.664. The van der Waals surface area contributed by atoms with Gasteiger partial charge in [-0.1, -0.05) is 90.4 Å². The molecule has 0 bridgehead atoms. The van der Waals surface area contributed by atoms with Crippen molar-refractivity contribution in [3.8, 4) is 0 Å². The largest absolute Gasteiger partial charge is 0.355 e. The van der Waals surface area contributed by atoms with Gasteiger partial charge < -0.3 is 48.1 Å². The summed E-state index contributed by atoms with van der Waals surface area (Å²) in [6.07, 6.45) is 27.7. The van der Waals surface area contributed by atoms with Gasteiger partial charge in [-0.25, -0.2) is 0 Å². The monoisotopic (exact) mass is 766 g/mol. The molecule has 0 saturated carbocycles. The predicted octanol–water partition coefficient (Wildman–Crippen LogP) is 5.62. The maximum absolute atomic E-state index is 13.2. The molecule has 0 rings (SSSR count). The number of amides is 3. The van der Waals surface area contributed by atoms with E-state index in [1.807, 2.05) is 0 Å². The molecule has 0 spiro atoms. The van der Waals surface area contributed by atoms with E-state index < -0.39 is 12.1 Å². The van der Waals surface area contributed by atoms with E-state index >= 15 is 0 Å². The van der Waals surface area contributed by atoms with Gasteiger partial charge >= 0.3 is 0 Å². The van der Waals surface area contributed by atoms with Gasteiger partial charge in [0, 0.05) is 25.4 Å². The second-order valence-electron chi connectivity index (χ2n) is 15.2. The first-order valence-corrected chi connectivity index (χ1v) is 22.0. The Hall–Kier alpha value is -2.41. The van der Waals surface area contributed by atoms with Crippen LogP contribution in [0.4, 0.5) is 0 Å². The standard InChI is InChI=1S/C42H83N7O5/c1-2-3-13-24-36(25-14-10-12-23-34-50)47-38(27-17-20-31-44)41(53)46-33-22-11-8-6-4-5-7-9-15-29-40(52)49-39(28-18-21-32-45)42(54)48-37(35-51)26-16-19-30-43/h34-39,47H,2-33,43-45H2,1H3,(H,46,53)(H,48,54)(H,49,52). The molecule has 0 aliphatic rings. The Kier molecular flexibility index (Phi) is 37.1. The summed E-state index contributed by atoms with van der Waals surface area (Å²) in [6.45, 7) is 4.62. The average Bonchev–Trinajstić information content (AvgIpc) is 3.16. The van der Waals surface area contributed by atoms with E-state index in [0.29, 0.717) is 57.9 Å². The number of unbranched alkanes of at least 4 members (excludes halogenated alkanes) is 16. The van der Waals surface area contributed by atoms with Gasteiger partial charge in [-0.05, 0) is 103 Å². The first-order valence-electron chi connectivity index (χ1n) is 22.0. The molecule has 54 heavy (non-hydrogen) atoms. The fraction of sp³-hybridized carbons (Fsp3) is 0.881. The van der Waals surface area contributed by atoms with E-state index in [1.165, 1.54) is 12.8 Å². The average molecular weight is 766 g/mol. The molecule has 4 atom stereocenters. The molecule has 10 N–H and O–H groups in total. The molecule has 0 aromatic heterocycles. The minimum Gasteiger partial charge on any atom is -0.355 e. The third kappa shape index (κ3) is 30.9. The fourth-order valence-corrected chi connectivity index (χ4v) is 6.79. The second kappa shape index (κ2) is 38.8. The van der Waals surface area contributed by atoms with Gasteiger partial charge in [0.05, 0.1) is 12.1 Å². The number of carbonyl (C=O) groups is 5. The maximum Gasteiger partial charge on any atom is 0.243 e. The summed E-state index contributed by atoms with van der Waals surface area (Å²) >= 11 is 0. The molecule has 12 heteroatoms.